The van der Waals surface area contributed by atoms with E-state index >= 15 is 0 Å². The van der Waals surface area contributed by atoms with E-state index in [2.05, 4.69) is 13.5 Å². The first-order chi connectivity index (χ1) is 5.13. The lowest BCUT2D eigenvalue weighted by atomic mass is 9.91. The van der Waals surface area contributed by atoms with Crippen LogP contribution >= 0.6 is 0 Å². The largest absolute Gasteiger partial charge is 0.100 e. The summed E-state index contributed by atoms with van der Waals surface area (Å²) >= 11 is 0. The van der Waals surface area contributed by atoms with Crippen molar-refractivity contribution in [1.82, 2.24) is 0 Å². The van der Waals surface area contributed by atoms with E-state index in [0.717, 1.165) is 5.92 Å². The van der Waals surface area contributed by atoms with Gasteiger partial charge in [-0.3, -0.25) is 0 Å². The molecule has 0 aromatic carbocycles. The Bertz CT molecular complexity index is 92.6. The van der Waals surface area contributed by atoms with Gasteiger partial charge >= 0.3 is 0 Å². The second kappa shape index (κ2) is 6.45. The Labute approximate surface area is 71.7 Å². The zero-order valence-corrected chi connectivity index (χ0v) is 8.32. The van der Waals surface area contributed by atoms with Crippen molar-refractivity contribution < 1.29 is 0 Å². The molecule has 0 bridgehead atoms. The van der Waals surface area contributed by atoms with Gasteiger partial charge in [-0.25, -0.2) is 0 Å². The minimum absolute atomic E-state index is 1.04. The Hall–Kier alpha value is -0.260. The lowest BCUT2D eigenvalue weighted by molar-refractivity contribution is 0.385. The third kappa shape index (κ3) is 9.74. The predicted octanol–water partition coefficient (Wildman–Crippen LogP) is 4.17. The van der Waals surface area contributed by atoms with E-state index in [1.54, 1.807) is 0 Å². The van der Waals surface area contributed by atoms with Crippen molar-refractivity contribution in [2.24, 2.45) is 5.92 Å². The molecular weight excluding hydrogens is 132 g/mol. The van der Waals surface area contributed by atoms with Gasteiger partial charge in [-0.1, -0.05) is 44.6 Å². The first kappa shape index (κ1) is 10.7. The maximum Gasteiger partial charge on any atom is -0.0443 e. The molecule has 0 atom stereocenters. The van der Waals surface area contributed by atoms with Gasteiger partial charge in [0, 0.05) is 0 Å². The summed E-state index contributed by atoms with van der Waals surface area (Å²) in [5, 5.41) is 0. The van der Waals surface area contributed by atoms with Gasteiger partial charge in [0.1, 0.15) is 0 Å². The van der Waals surface area contributed by atoms with Gasteiger partial charge in [-0.05, 0) is 19.8 Å². The summed E-state index contributed by atoms with van der Waals surface area (Å²) in [5.74, 6) is 1.04. The Kier molecular flexibility index (Phi) is 6.30. The van der Waals surface area contributed by atoms with Crippen LogP contribution in [0.1, 0.15) is 52.9 Å². The lowest BCUT2D eigenvalue weighted by Crippen LogP contribution is -1.99. The van der Waals surface area contributed by atoms with E-state index in [-0.39, 0.29) is 0 Å². The SMILES string of the molecule is C=C(C)C.CC1CCCCC1. The molecule has 1 fully saturated rings. The minimum atomic E-state index is 1.04. The van der Waals surface area contributed by atoms with Gasteiger partial charge < -0.3 is 0 Å². The third-order valence-corrected chi connectivity index (χ3v) is 1.89. The third-order valence-electron chi connectivity index (χ3n) is 1.89. The Balaban J connectivity index is 0.000000218. The van der Waals surface area contributed by atoms with Crippen LogP contribution in [-0.4, -0.2) is 0 Å². The van der Waals surface area contributed by atoms with Crippen molar-refractivity contribution in [2.45, 2.75) is 52.9 Å². The van der Waals surface area contributed by atoms with E-state index in [1.807, 2.05) is 13.8 Å². The molecule has 1 aliphatic carbocycles. The number of hydrogen-bond donors (Lipinski definition) is 0. The highest BCUT2D eigenvalue weighted by molar-refractivity contribution is 4.78. The lowest BCUT2D eigenvalue weighted by Gasteiger charge is -2.15. The summed E-state index contributed by atoms with van der Waals surface area (Å²) in [4.78, 5) is 0. The zero-order chi connectivity index (χ0) is 8.69. The first-order valence-corrected chi connectivity index (χ1v) is 4.75. The van der Waals surface area contributed by atoms with Crippen LogP contribution in [0, 0.1) is 5.92 Å². The van der Waals surface area contributed by atoms with Crippen molar-refractivity contribution in [3.63, 3.8) is 0 Å². The van der Waals surface area contributed by atoms with Gasteiger partial charge in [0.2, 0.25) is 0 Å². The topological polar surface area (TPSA) is 0 Å². The van der Waals surface area contributed by atoms with E-state index in [4.69, 9.17) is 0 Å². The fraction of sp³-hybridized carbons (Fsp3) is 0.818. The van der Waals surface area contributed by atoms with Gasteiger partial charge in [0.25, 0.3) is 0 Å². The summed E-state index contributed by atoms with van der Waals surface area (Å²) in [6.07, 6.45) is 7.44. The van der Waals surface area contributed by atoms with E-state index < -0.39 is 0 Å². The first-order valence-electron chi connectivity index (χ1n) is 4.75. The van der Waals surface area contributed by atoms with Crippen molar-refractivity contribution in [3.8, 4) is 0 Å². The molecule has 1 rings (SSSR count). The van der Waals surface area contributed by atoms with E-state index in [1.165, 1.54) is 37.7 Å². The highest BCUT2D eigenvalue weighted by Gasteiger charge is 2.05. The van der Waals surface area contributed by atoms with Crippen molar-refractivity contribution in [2.75, 3.05) is 0 Å². The van der Waals surface area contributed by atoms with Crippen LogP contribution in [0.25, 0.3) is 0 Å². The van der Waals surface area contributed by atoms with Gasteiger partial charge in [-0.2, -0.15) is 0 Å². The smallest absolute Gasteiger partial charge is 0.0443 e. The van der Waals surface area contributed by atoms with Gasteiger partial charge in [0.05, 0.1) is 0 Å². The summed E-state index contributed by atoms with van der Waals surface area (Å²) in [5.41, 5.74) is 1.17. The minimum Gasteiger partial charge on any atom is -0.100 e. The molecule has 0 N–H and O–H groups in total. The molecule has 1 saturated carbocycles. The van der Waals surface area contributed by atoms with Crippen LogP contribution in [-0.2, 0) is 0 Å². The van der Waals surface area contributed by atoms with Crippen LogP contribution in [0.2, 0.25) is 0 Å². The highest BCUT2D eigenvalue weighted by atomic mass is 14.1. The monoisotopic (exact) mass is 154 g/mol. The molecule has 0 heteroatoms. The molecular formula is C11H22. The molecule has 0 nitrogen and oxygen atoms in total. The molecule has 0 spiro atoms. The predicted molar refractivity (Wildman–Crippen MR) is 52.7 cm³/mol. The number of allylic oxidation sites excluding steroid dienone is 1. The van der Waals surface area contributed by atoms with Gasteiger partial charge in [-0.15, -0.1) is 6.58 Å². The second-order valence-corrected chi connectivity index (χ2v) is 3.95. The summed E-state index contributed by atoms with van der Waals surface area (Å²) in [7, 11) is 0. The molecule has 1 aliphatic rings. The zero-order valence-electron chi connectivity index (χ0n) is 8.32. The Morgan fingerprint density at radius 2 is 1.45 bits per heavy atom. The highest BCUT2D eigenvalue weighted by Crippen LogP contribution is 2.21. The number of hydrogen-bond acceptors (Lipinski definition) is 0. The standard InChI is InChI=1S/C7H14.C4H8/c1-7-5-3-2-4-6-7;1-4(2)3/h7H,2-6H2,1H3;1H2,2-3H3. The molecule has 0 aliphatic heterocycles. The summed E-state index contributed by atoms with van der Waals surface area (Å²) in [6.45, 7) is 9.86. The van der Waals surface area contributed by atoms with Crippen LogP contribution < -0.4 is 0 Å². The molecule has 66 valence electrons. The van der Waals surface area contributed by atoms with Crippen LogP contribution in [0.15, 0.2) is 12.2 Å². The van der Waals surface area contributed by atoms with Crippen molar-refractivity contribution in [3.05, 3.63) is 12.2 Å². The molecule has 0 unspecified atom stereocenters. The average Bonchev–Trinajstić information content (AvgIpc) is 1.87. The van der Waals surface area contributed by atoms with Gasteiger partial charge in [0.15, 0.2) is 0 Å². The molecule has 0 radical (unpaired) electrons. The number of rotatable bonds is 0. The summed E-state index contributed by atoms with van der Waals surface area (Å²) in [6, 6.07) is 0. The average molecular weight is 154 g/mol. The van der Waals surface area contributed by atoms with Crippen molar-refractivity contribution in [1.29, 1.82) is 0 Å². The van der Waals surface area contributed by atoms with Crippen LogP contribution in [0.4, 0.5) is 0 Å². The molecule has 11 heavy (non-hydrogen) atoms. The molecule has 0 saturated heterocycles. The maximum absolute atomic E-state index is 3.56. The Morgan fingerprint density at radius 1 is 1.09 bits per heavy atom. The Morgan fingerprint density at radius 3 is 1.64 bits per heavy atom. The normalized spacial score (nSPS) is 18.5. The molecule has 0 aromatic rings. The van der Waals surface area contributed by atoms with Crippen molar-refractivity contribution >= 4 is 0 Å². The van der Waals surface area contributed by atoms with E-state index in [9.17, 15) is 0 Å². The molecule has 0 amide bonds. The summed E-state index contributed by atoms with van der Waals surface area (Å²) < 4.78 is 0. The fourth-order valence-corrected chi connectivity index (χ4v) is 1.31. The molecule has 0 heterocycles. The van der Waals surface area contributed by atoms with E-state index in [0.29, 0.717) is 0 Å². The second-order valence-electron chi connectivity index (χ2n) is 3.95. The maximum atomic E-state index is 3.56. The van der Waals surface area contributed by atoms with Crippen LogP contribution in [0.5, 0.6) is 0 Å². The fourth-order valence-electron chi connectivity index (χ4n) is 1.31. The quantitative estimate of drug-likeness (QED) is 0.459. The van der Waals surface area contributed by atoms with Crippen LogP contribution in [0.3, 0.4) is 0 Å². The molecule has 0 aromatic heterocycles.